The van der Waals surface area contributed by atoms with Crippen molar-refractivity contribution in [3.05, 3.63) is 81.8 Å². The van der Waals surface area contributed by atoms with Gasteiger partial charge in [0.15, 0.2) is 0 Å². The lowest BCUT2D eigenvalue weighted by atomic mass is 10.2. The largest absolute Gasteiger partial charge is 0.346 e. The fourth-order valence-corrected chi connectivity index (χ4v) is 3.71. The molecule has 0 aliphatic carbocycles. The molecule has 2 aromatic heterocycles. The number of halogens is 1. The van der Waals surface area contributed by atoms with Crippen LogP contribution in [0, 0.1) is 5.82 Å². The van der Waals surface area contributed by atoms with Gasteiger partial charge in [-0.1, -0.05) is 30.3 Å². The van der Waals surface area contributed by atoms with Crippen LogP contribution in [0.5, 0.6) is 0 Å². The van der Waals surface area contributed by atoms with E-state index < -0.39 is 0 Å². The lowest BCUT2D eigenvalue weighted by Crippen LogP contribution is -2.23. The number of nitrogens with zero attached hydrogens (tertiary/aromatic N) is 2. The number of para-hydroxylation sites is 2. The predicted molar refractivity (Wildman–Crippen MR) is 111 cm³/mol. The van der Waals surface area contributed by atoms with E-state index in [1.165, 1.54) is 17.4 Å². The number of fused-ring (bicyclic) bond motifs is 1. The first kappa shape index (κ1) is 19.2. The highest BCUT2D eigenvalue weighted by Gasteiger charge is 2.11. The lowest BCUT2D eigenvalue weighted by Gasteiger charge is -2.04. The van der Waals surface area contributed by atoms with Gasteiger partial charge >= 0.3 is 0 Å². The highest BCUT2D eigenvalue weighted by molar-refractivity contribution is 7.09. The molecule has 6 nitrogen and oxygen atoms in total. The van der Waals surface area contributed by atoms with Crippen molar-refractivity contribution in [2.24, 2.45) is 0 Å². The van der Waals surface area contributed by atoms with Gasteiger partial charge in [0, 0.05) is 30.5 Å². The van der Waals surface area contributed by atoms with Crippen LogP contribution < -0.4 is 10.6 Å². The fourth-order valence-electron chi connectivity index (χ4n) is 2.93. The molecule has 2 heterocycles. The maximum atomic E-state index is 13.6. The Kier molecular flexibility index (Phi) is 5.92. The van der Waals surface area contributed by atoms with Crippen LogP contribution in [0.1, 0.15) is 26.9 Å². The van der Waals surface area contributed by atoms with Crippen molar-refractivity contribution in [2.45, 2.75) is 19.5 Å². The van der Waals surface area contributed by atoms with Gasteiger partial charge in [0.05, 0.1) is 22.6 Å². The molecule has 0 aliphatic heterocycles. The van der Waals surface area contributed by atoms with E-state index in [0.29, 0.717) is 24.2 Å². The summed E-state index contributed by atoms with van der Waals surface area (Å²) < 4.78 is 13.6. The molecule has 4 rings (SSSR count). The molecular weight excluding hydrogens is 389 g/mol. The first-order chi connectivity index (χ1) is 14.2. The number of thiazole rings is 1. The summed E-state index contributed by atoms with van der Waals surface area (Å²) >= 11 is 1.44. The van der Waals surface area contributed by atoms with Gasteiger partial charge in [-0.05, 0) is 18.2 Å². The van der Waals surface area contributed by atoms with Crippen LogP contribution in [-0.2, 0) is 19.5 Å². The monoisotopic (exact) mass is 409 g/mol. The van der Waals surface area contributed by atoms with Gasteiger partial charge in [-0.25, -0.2) is 14.4 Å². The standard InChI is InChI=1S/C21H20FN5OS/c22-15-6-2-1-5-14(15)11-24-21(28)18-13-29-20(27-18)9-10-23-12-19-25-16-7-3-4-8-17(16)26-19/h1-8,13,23H,9-12H2,(H,24,28)(H,25,26). The zero-order valence-electron chi connectivity index (χ0n) is 15.6. The molecule has 0 bridgehead atoms. The van der Waals surface area contributed by atoms with Gasteiger partial charge in [0.2, 0.25) is 0 Å². The zero-order chi connectivity index (χ0) is 20.1. The second-order valence-corrected chi connectivity index (χ2v) is 7.47. The minimum atomic E-state index is -0.331. The smallest absolute Gasteiger partial charge is 0.271 e. The Bertz CT molecular complexity index is 1090. The van der Waals surface area contributed by atoms with E-state index in [-0.39, 0.29) is 18.3 Å². The topological polar surface area (TPSA) is 82.7 Å². The predicted octanol–water partition coefficient (Wildman–Crippen LogP) is 3.42. The van der Waals surface area contributed by atoms with Gasteiger partial charge in [0.1, 0.15) is 17.3 Å². The summed E-state index contributed by atoms with van der Waals surface area (Å²) in [6.07, 6.45) is 0.714. The highest BCUT2D eigenvalue weighted by Crippen LogP contribution is 2.12. The van der Waals surface area contributed by atoms with E-state index in [4.69, 9.17) is 0 Å². The first-order valence-corrected chi connectivity index (χ1v) is 10.2. The van der Waals surface area contributed by atoms with E-state index in [9.17, 15) is 9.18 Å². The number of amides is 1. The van der Waals surface area contributed by atoms with E-state index in [1.54, 1.807) is 23.6 Å². The van der Waals surface area contributed by atoms with Crippen molar-refractivity contribution in [3.63, 3.8) is 0 Å². The molecule has 0 saturated heterocycles. The normalized spacial score (nSPS) is 11.1. The Hall–Kier alpha value is -3.10. The SMILES string of the molecule is O=C(NCc1ccccc1F)c1csc(CCNCc2nc3ccccc3[nH]2)n1. The number of carbonyl (C=O) groups excluding carboxylic acids is 1. The highest BCUT2D eigenvalue weighted by atomic mass is 32.1. The zero-order valence-corrected chi connectivity index (χ0v) is 16.4. The van der Waals surface area contributed by atoms with Crippen LogP contribution in [0.15, 0.2) is 53.9 Å². The van der Waals surface area contributed by atoms with Crippen molar-refractivity contribution in [2.75, 3.05) is 6.54 Å². The van der Waals surface area contributed by atoms with E-state index in [2.05, 4.69) is 25.6 Å². The van der Waals surface area contributed by atoms with Gasteiger partial charge in [-0.2, -0.15) is 0 Å². The van der Waals surface area contributed by atoms with Crippen LogP contribution in [-0.4, -0.2) is 27.4 Å². The molecule has 148 valence electrons. The number of carbonyl (C=O) groups is 1. The summed E-state index contributed by atoms with van der Waals surface area (Å²) in [7, 11) is 0. The average molecular weight is 409 g/mol. The summed E-state index contributed by atoms with van der Waals surface area (Å²) in [5.41, 5.74) is 2.79. The summed E-state index contributed by atoms with van der Waals surface area (Å²) in [5.74, 6) is 0.256. The van der Waals surface area contributed by atoms with Crippen LogP contribution in [0.4, 0.5) is 4.39 Å². The summed E-state index contributed by atoms with van der Waals surface area (Å²) in [6.45, 7) is 1.49. The Morgan fingerprint density at radius 2 is 1.90 bits per heavy atom. The number of rotatable bonds is 8. The maximum Gasteiger partial charge on any atom is 0.271 e. The minimum absolute atomic E-state index is 0.136. The van der Waals surface area contributed by atoms with Crippen molar-refractivity contribution < 1.29 is 9.18 Å². The molecule has 0 fully saturated rings. The molecule has 3 N–H and O–H groups in total. The van der Waals surface area contributed by atoms with Crippen molar-refractivity contribution in [1.82, 2.24) is 25.6 Å². The number of aromatic amines is 1. The Morgan fingerprint density at radius 3 is 2.76 bits per heavy atom. The first-order valence-electron chi connectivity index (χ1n) is 9.29. The van der Waals surface area contributed by atoms with Crippen molar-refractivity contribution >= 4 is 28.3 Å². The summed E-state index contributed by atoms with van der Waals surface area (Å²) in [4.78, 5) is 24.4. The molecule has 8 heteroatoms. The third kappa shape index (κ3) is 4.85. The number of H-pyrrole nitrogens is 1. The van der Waals surface area contributed by atoms with E-state index in [1.807, 2.05) is 24.3 Å². The number of nitrogens with one attached hydrogen (secondary N) is 3. The third-order valence-corrected chi connectivity index (χ3v) is 5.34. The maximum absolute atomic E-state index is 13.6. The number of hydrogen-bond donors (Lipinski definition) is 3. The molecule has 0 radical (unpaired) electrons. The summed E-state index contributed by atoms with van der Waals surface area (Å²) in [6, 6.07) is 14.3. The number of benzene rings is 2. The van der Waals surface area contributed by atoms with Crippen LogP contribution in [0.25, 0.3) is 11.0 Å². The molecule has 29 heavy (non-hydrogen) atoms. The Morgan fingerprint density at radius 1 is 1.07 bits per heavy atom. The second kappa shape index (κ2) is 8.93. The van der Waals surface area contributed by atoms with E-state index in [0.717, 1.165) is 28.4 Å². The van der Waals surface area contributed by atoms with Gasteiger partial charge < -0.3 is 15.6 Å². The fraction of sp³-hybridized carbons (Fsp3) is 0.190. The number of hydrogen-bond acceptors (Lipinski definition) is 5. The molecule has 2 aromatic carbocycles. The molecule has 0 saturated carbocycles. The second-order valence-electron chi connectivity index (χ2n) is 6.53. The van der Waals surface area contributed by atoms with Gasteiger partial charge in [-0.3, -0.25) is 4.79 Å². The van der Waals surface area contributed by atoms with Crippen molar-refractivity contribution in [1.29, 1.82) is 0 Å². The molecule has 0 spiro atoms. The number of imidazole rings is 1. The quantitative estimate of drug-likeness (QED) is 0.390. The van der Waals surface area contributed by atoms with Gasteiger partial charge in [-0.15, -0.1) is 11.3 Å². The van der Waals surface area contributed by atoms with E-state index >= 15 is 0 Å². The molecule has 1 amide bonds. The summed E-state index contributed by atoms with van der Waals surface area (Å²) in [5, 5.41) is 8.64. The Balaban J connectivity index is 1.23. The molecule has 4 aromatic rings. The molecular formula is C21H20FN5OS. The van der Waals surface area contributed by atoms with Crippen molar-refractivity contribution in [3.8, 4) is 0 Å². The lowest BCUT2D eigenvalue weighted by molar-refractivity contribution is 0.0946. The number of aromatic nitrogens is 3. The third-order valence-electron chi connectivity index (χ3n) is 4.43. The van der Waals surface area contributed by atoms with Gasteiger partial charge in [0.25, 0.3) is 5.91 Å². The molecule has 0 atom stereocenters. The van der Waals surface area contributed by atoms with Crippen LogP contribution >= 0.6 is 11.3 Å². The Labute approximate surface area is 171 Å². The molecule has 0 unspecified atom stereocenters. The van der Waals surface area contributed by atoms with Crippen LogP contribution in [0.2, 0.25) is 0 Å². The molecule has 0 aliphatic rings. The van der Waals surface area contributed by atoms with Crippen LogP contribution in [0.3, 0.4) is 0 Å². The minimum Gasteiger partial charge on any atom is -0.346 e. The average Bonchev–Trinajstić information content (AvgIpc) is 3.37.